The van der Waals surface area contributed by atoms with Crippen molar-refractivity contribution in [2.24, 2.45) is 11.8 Å². The highest BCUT2D eigenvalue weighted by atomic mass is 15.1. The van der Waals surface area contributed by atoms with E-state index in [-0.39, 0.29) is 7.43 Å². The molecule has 1 nitrogen and oxygen atoms in total. The predicted octanol–water partition coefficient (Wildman–Crippen LogP) is 2.54. The second kappa shape index (κ2) is 4.08. The number of hydrogen-bond donors (Lipinski definition) is 0. The van der Waals surface area contributed by atoms with E-state index >= 15 is 0 Å². The first-order chi connectivity index (χ1) is 5.38. The Bertz CT molecular complexity index is 141. The van der Waals surface area contributed by atoms with Gasteiger partial charge in [0.05, 0.1) is 0 Å². The molecular weight excluding hydrogens is 146 g/mol. The topological polar surface area (TPSA) is 3.24 Å². The van der Waals surface area contributed by atoms with Crippen LogP contribution < -0.4 is 0 Å². The Kier molecular flexibility index (Phi) is 3.33. The molecule has 0 spiro atoms. The fourth-order valence-corrected chi connectivity index (χ4v) is 2.65. The highest BCUT2D eigenvalue weighted by Crippen LogP contribution is 2.35. The smallest absolute Gasteiger partial charge is 0.0160 e. The van der Waals surface area contributed by atoms with Crippen LogP contribution in [0.5, 0.6) is 0 Å². The molecule has 0 aromatic rings. The van der Waals surface area contributed by atoms with E-state index in [2.05, 4.69) is 11.5 Å². The quantitative estimate of drug-likeness (QED) is 0.571. The molecule has 12 heavy (non-hydrogen) atoms. The van der Waals surface area contributed by atoms with Gasteiger partial charge in [0.15, 0.2) is 0 Å². The third kappa shape index (κ3) is 1.89. The van der Waals surface area contributed by atoms with Crippen molar-refractivity contribution in [3.63, 3.8) is 0 Å². The molecule has 1 saturated carbocycles. The van der Waals surface area contributed by atoms with Crippen molar-refractivity contribution in [1.29, 1.82) is 0 Å². The maximum Gasteiger partial charge on any atom is 0.0160 e. The average Bonchev–Trinajstić information content (AvgIpc) is 2.32. The third-order valence-electron chi connectivity index (χ3n) is 3.07. The summed E-state index contributed by atoms with van der Waals surface area (Å²) in [6, 6.07) is 0. The molecule has 70 valence electrons. The molecule has 2 rings (SSSR count). The molecule has 0 aromatic carbocycles. The minimum Gasteiger partial charge on any atom is -0.299 e. The summed E-state index contributed by atoms with van der Waals surface area (Å²) in [5.41, 5.74) is 0. The summed E-state index contributed by atoms with van der Waals surface area (Å²) >= 11 is 0. The molecule has 2 fully saturated rings. The molecule has 2 atom stereocenters. The Hall–Kier alpha value is -0.300. The van der Waals surface area contributed by atoms with Crippen molar-refractivity contribution < 1.29 is 0 Å². The van der Waals surface area contributed by atoms with Crippen LogP contribution in [-0.2, 0) is 0 Å². The summed E-state index contributed by atoms with van der Waals surface area (Å²) < 4.78 is 0. The van der Waals surface area contributed by atoms with Gasteiger partial charge in [-0.15, -0.1) is 6.58 Å². The first-order valence-corrected chi connectivity index (χ1v) is 4.71. The van der Waals surface area contributed by atoms with E-state index in [1.54, 1.807) is 0 Å². The van der Waals surface area contributed by atoms with Crippen LogP contribution in [0.1, 0.15) is 26.7 Å². The van der Waals surface area contributed by atoms with E-state index in [1.807, 2.05) is 6.08 Å². The zero-order valence-corrected chi connectivity index (χ0v) is 7.13. The molecule has 2 aliphatic rings. The van der Waals surface area contributed by atoms with Gasteiger partial charge < -0.3 is 0 Å². The van der Waals surface area contributed by atoms with E-state index in [9.17, 15) is 0 Å². The standard InChI is InChI=1S/C10H17N.CH4/c1-2-5-11-7-9-3-4-10(6-9)8-11;/h2,9-10H,1,3-8H2;1H4. The van der Waals surface area contributed by atoms with Gasteiger partial charge in [-0.2, -0.15) is 0 Å². The van der Waals surface area contributed by atoms with E-state index < -0.39 is 0 Å². The van der Waals surface area contributed by atoms with E-state index in [1.165, 1.54) is 32.4 Å². The van der Waals surface area contributed by atoms with Crippen molar-refractivity contribution in [1.82, 2.24) is 4.90 Å². The first kappa shape index (κ1) is 9.79. The number of piperidine rings is 1. The molecule has 0 N–H and O–H groups in total. The lowest BCUT2D eigenvalue weighted by Gasteiger charge is -2.30. The van der Waals surface area contributed by atoms with Gasteiger partial charge in [-0.05, 0) is 31.1 Å². The molecule has 1 heteroatoms. The van der Waals surface area contributed by atoms with Crippen LogP contribution in [-0.4, -0.2) is 24.5 Å². The van der Waals surface area contributed by atoms with E-state index in [0.717, 1.165) is 18.4 Å². The third-order valence-corrected chi connectivity index (χ3v) is 3.07. The average molecular weight is 167 g/mol. The lowest BCUT2D eigenvalue weighted by molar-refractivity contribution is 0.184. The van der Waals surface area contributed by atoms with Gasteiger partial charge in [-0.3, -0.25) is 4.90 Å². The van der Waals surface area contributed by atoms with Crippen molar-refractivity contribution >= 4 is 0 Å². The summed E-state index contributed by atoms with van der Waals surface area (Å²) in [4.78, 5) is 2.55. The van der Waals surface area contributed by atoms with Gasteiger partial charge in [-0.1, -0.05) is 13.5 Å². The highest BCUT2D eigenvalue weighted by molar-refractivity contribution is 4.87. The summed E-state index contributed by atoms with van der Waals surface area (Å²) in [7, 11) is 0. The maximum absolute atomic E-state index is 3.78. The second-order valence-corrected chi connectivity index (χ2v) is 4.05. The normalized spacial score (nSPS) is 34.3. The number of rotatable bonds is 2. The molecule has 1 aliphatic carbocycles. The molecule has 1 aliphatic heterocycles. The molecule has 0 amide bonds. The van der Waals surface area contributed by atoms with Gasteiger partial charge in [0.2, 0.25) is 0 Å². The fraction of sp³-hybridized carbons (Fsp3) is 0.818. The van der Waals surface area contributed by atoms with Crippen molar-refractivity contribution in [2.45, 2.75) is 26.7 Å². The van der Waals surface area contributed by atoms with Crippen LogP contribution in [0.2, 0.25) is 0 Å². The lowest BCUT2D eigenvalue weighted by atomic mass is 9.99. The summed E-state index contributed by atoms with van der Waals surface area (Å²) in [6.07, 6.45) is 6.51. The first-order valence-electron chi connectivity index (χ1n) is 4.71. The summed E-state index contributed by atoms with van der Waals surface area (Å²) in [6.45, 7) is 7.56. The zero-order chi connectivity index (χ0) is 7.68. The van der Waals surface area contributed by atoms with Crippen molar-refractivity contribution in [3.05, 3.63) is 12.7 Å². The van der Waals surface area contributed by atoms with Crippen LogP contribution in [0.15, 0.2) is 12.7 Å². The van der Waals surface area contributed by atoms with Gasteiger partial charge in [0, 0.05) is 19.6 Å². The van der Waals surface area contributed by atoms with Gasteiger partial charge in [-0.25, -0.2) is 0 Å². The second-order valence-electron chi connectivity index (χ2n) is 4.05. The predicted molar refractivity (Wildman–Crippen MR) is 54.2 cm³/mol. The van der Waals surface area contributed by atoms with Gasteiger partial charge >= 0.3 is 0 Å². The Morgan fingerprint density at radius 2 is 1.83 bits per heavy atom. The molecule has 1 saturated heterocycles. The monoisotopic (exact) mass is 167 g/mol. The number of likely N-dealkylation sites (tertiary alicyclic amines) is 1. The van der Waals surface area contributed by atoms with Crippen LogP contribution in [0, 0.1) is 11.8 Å². The SMILES string of the molecule is C.C=CCN1CC2CCC(C2)C1. The highest BCUT2D eigenvalue weighted by Gasteiger charge is 2.31. The van der Waals surface area contributed by atoms with Gasteiger partial charge in [0.1, 0.15) is 0 Å². The zero-order valence-electron chi connectivity index (χ0n) is 7.13. The Morgan fingerprint density at radius 3 is 2.33 bits per heavy atom. The summed E-state index contributed by atoms with van der Waals surface area (Å²) in [5.74, 6) is 2.04. The lowest BCUT2D eigenvalue weighted by Crippen LogP contribution is -2.36. The largest absolute Gasteiger partial charge is 0.299 e. The van der Waals surface area contributed by atoms with Crippen molar-refractivity contribution in [2.75, 3.05) is 19.6 Å². The van der Waals surface area contributed by atoms with E-state index in [0.29, 0.717) is 0 Å². The molecular formula is C11H21N. The van der Waals surface area contributed by atoms with Crippen LogP contribution in [0.3, 0.4) is 0 Å². The van der Waals surface area contributed by atoms with Crippen LogP contribution in [0.25, 0.3) is 0 Å². The minimum absolute atomic E-state index is 0. The summed E-state index contributed by atoms with van der Waals surface area (Å²) in [5, 5.41) is 0. The van der Waals surface area contributed by atoms with Crippen LogP contribution >= 0.6 is 0 Å². The Balaban J connectivity index is 0.000000720. The van der Waals surface area contributed by atoms with Crippen LogP contribution in [0.4, 0.5) is 0 Å². The Morgan fingerprint density at radius 1 is 1.25 bits per heavy atom. The number of hydrogen-bond acceptors (Lipinski definition) is 1. The van der Waals surface area contributed by atoms with Crippen molar-refractivity contribution in [3.8, 4) is 0 Å². The number of nitrogens with zero attached hydrogens (tertiary/aromatic N) is 1. The molecule has 1 heterocycles. The minimum atomic E-state index is 0. The number of fused-ring (bicyclic) bond motifs is 2. The molecule has 2 unspecified atom stereocenters. The van der Waals surface area contributed by atoms with E-state index in [4.69, 9.17) is 0 Å². The maximum atomic E-state index is 3.78. The Labute approximate surface area is 76.5 Å². The molecule has 0 aromatic heterocycles. The molecule has 2 bridgehead atoms. The van der Waals surface area contributed by atoms with Gasteiger partial charge in [0.25, 0.3) is 0 Å². The fourth-order valence-electron chi connectivity index (χ4n) is 2.65. The molecule has 0 radical (unpaired) electrons.